The van der Waals surface area contributed by atoms with Crippen LogP contribution in [0.1, 0.15) is 5.56 Å². The molecule has 0 unspecified atom stereocenters. The van der Waals surface area contributed by atoms with Crippen LogP contribution in [0, 0.1) is 5.82 Å². The second-order valence-electron chi connectivity index (χ2n) is 4.60. The van der Waals surface area contributed by atoms with E-state index in [4.69, 9.17) is 23.8 Å². The van der Waals surface area contributed by atoms with E-state index in [0.29, 0.717) is 5.69 Å². The fourth-order valence-electron chi connectivity index (χ4n) is 2.14. The van der Waals surface area contributed by atoms with Crippen molar-refractivity contribution in [3.05, 3.63) is 70.6 Å². The fourth-order valence-corrected chi connectivity index (χ4v) is 2.66. The lowest BCUT2D eigenvalue weighted by Gasteiger charge is -2.13. The molecule has 1 saturated heterocycles. The van der Waals surface area contributed by atoms with Gasteiger partial charge in [0.2, 0.25) is 0 Å². The van der Waals surface area contributed by atoms with Crippen LogP contribution in [0.2, 0.25) is 5.02 Å². The van der Waals surface area contributed by atoms with E-state index in [9.17, 15) is 9.18 Å². The molecule has 1 heterocycles. The molecule has 110 valence electrons. The topological polar surface area (TPSA) is 32.3 Å². The zero-order valence-electron chi connectivity index (χ0n) is 11.2. The minimum atomic E-state index is -0.501. The molecule has 0 radical (unpaired) electrons. The molecule has 0 spiro atoms. The molecule has 2 aromatic carbocycles. The molecule has 0 bridgehead atoms. The van der Waals surface area contributed by atoms with Gasteiger partial charge in [-0.2, -0.15) is 0 Å². The van der Waals surface area contributed by atoms with E-state index in [1.54, 1.807) is 30.3 Å². The lowest BCUT2D eigenvalue weighted by molar-refractivity contribution is -0.113. The minimum Gasteiger partial charge on any atom is -0.327 e. The molecule has 1 amide bonds. The van der Waals surface area contributed by atoms with E-state index in [1.807, 2.05) is 6.07 Å². The summed E-state index contributed by atoms with van der Waals surface area (Å²) in [7, 11) is 0. The van der Waals surface area contributed by atoms with Crippen LogP contribution >= 0.6 is 23.8 Å². The number of para-hydroxylation sites is 1. The van der Waals surface area contributed by atoms with E-state index in [-0.39, 0.29) is 27.3 Å². The smallest absolute Gasteiger partial charge is 0.281 e. The Bertz CT molecular complexity index is 772. The molecule has 3 rings (SSSR count). The van der Waals surface area contributed by atoms with Gasteiger partial charge in [-0.1, -0.05) is 35.9 Å². The quantitative estimate of drug-likeness (QED) is 0.671. The molecule has 3 nitrogen and oxygen atoms in total. The van der Waals surface area contributed by atoms with Crippen LogP contribution in [0.3, 0.4) is 0 Å². The van der Waals surface area contributed by atoms with Crippen molar-refractivity contribution in [3.63, 3.8) is 0 Å². The number of anilines is 1. The Morgan fingerprint density at radius 3 is 2.55 bits per heavy atom. The molecular formula is C16H10ClFN2OS. The summed E-state index contributed by atoms with van der Waals surface area (Å²) in [6, 6.07) is 13.3. The Hall–Kier alpha value is -2.24. The number of halogens is 2. The van der Waals surface area contributed by atoms with Gasteiger partial charge < -0.3 is 5.32 Å². The first kappa shape index (κ1) is 14.7. The van der Waals surface area contributed by atoms with Crippen molar-refractivity contribution in [3.8, 4) is 0 Å². The Balaban J connectivity index is 2.00. The Kier molecular flexibility index (Phi) is 3.92. The van der Waals surface area contributed by atoms with Crippen molar-refractivity contribution in [2.75, 3.05) is 4.90 Å². The SMILES string of the molecule is O=C1/C(=C/c2c(F)cccc2Cl)NC(=S)N1c1ccccc1. The maximum Gasteiger partial charge on any atom is 0.281 e. The summed E-state index contributed by atoms with van der Waals surface area (Å²) in [5.74, 6) is -0.853. The Morgan fingerprint density at radius 2 is 1.86 bits per heavy atom. The van der Waals surface area contributed by atoms with Gasteiger partial charge in [0.05, 0.1) is 10.7 Å². The molecule has 0 atom stereocenters. The fraction of sp³-hybridized carbons (Fsp3) is 0. The van der Waals surface area contributed by atoms with Crippen LogP contribution in [-0.2, 0) is 4.79 Å². The first-order chi connectivity index (χ1) is 10.6. The molecule has 0 aliphatic carbocycles. The summed E-state index contributed by atoms with van der Waals surface area (Å²) in [6.45, 7) is 0. The number of thiocarbonyl (C=S) groups is 1. The van der Waals surface area contributed by atoms with E-state index in [0.717, 1.165) is 0 Å². The van der Waals surface area contributed by atoms with Gasteiger partial charge in [0.1, 0.15) is 11.5 Å². The van der Waals surface area contributed by atoms with Gasteiger partial charge in [0.15, 0.2) is 5.11 Å². The highest BCUT2D eigenvalue weighted by Crippen LogP contribution is 2.25. The third-order valence-electron chi connectivity index (χ3n) is 3.18. The zero-order chi connectivity index (χ0) is 15.7. The second-order valence-corrected chi connectivity index (χ2v) is 5.39. The molecule has 0 saturated carbocycles. The number of carbonyl (C=O) groups is 1. The van der Waals surface area contributed by atoms with E-state index in [2.05, 4.69) is 5.32 Å². The van der Waals surface area contributed by atoms with Crippen LogP contribution < -0.4 is 10.2 Å². The van der Waals surface area contributed by atoms with Gasteiger partial charge in [-0.25, -0.2) is 4.39 Å². The largest absolute Gasteiger partial charge is 0.327 e. The molecule has 1 N–H and O–H groups in total. The molecule has 0 aromatic heterocycles. The van der Waals surface area contributed by atoms with Gasteiger partial charge >= 0.3 is 0 Å². The number of carbonyl (C=O) groups excluding carboxylic acids is 1. The number of hydrogen-bond acceptors (Lipinski definition) is 2. The molecule has 2 aromatic rings. The molecule has 22 heavy (non-hydrogen) atoms. The third-order valence-corrected chi connectivity index (χ3v) is 3.80. The minimum absolute atomic E-state index is 0.151. The number of benzene rings is 2. The predicted octanol–water partition coefficient (Wildman–Crippen LogP) is 3.74. The van der Waals surface area contributed by atoms with Crippen molar-refractivity contribution in [1.29, 1.82) is 0 Å². The van der Waals surface area contributed by atoms with E-state index >= 15 is 0 Å². The Morgan fingerprint density at radius 1 is 1.14 bits per heavy atom. The number of nitrogens with one attached hydrogen (secondary N) is 1. The highest BCUT2D eigenvalue weighted by atomic mass is 35.5. The highest BCUT2D eigenvalue weighted by molar-refractivity contribution is 7.80. The van der Waals surface area contributed by atoms with Crippen LogP contribution in [0.4, 0.5) is 10.1 Å². The molecule has 1 fully saturated rings. The maximum absolute atomic E-state index is 13.8. The maximum atomic E-state index is 13.8. The molecule has 1 aliphatic rings. The van der Waals surface area contributed by atoms with Gasteiger partial charge in [-0.05, 0) is 42.6 Å². The molecule has 6 heteroatoms. The monoisotopic (exact) mass is 332 g/mol. The summed E-state index contributed by atoms with van der Waals surface area (Å²) >= 11 is 11.2. The van der Waals surface area contributed by atoms with Crippen molar-refractivity contribution in [2.24, 2.45) is 0 Å². The van der Waals surface area contributed by atoms with Crippen molar-refractivity contribution >= 4 is 46.6 Å². The highest BCUT2D eigenvalue weighted by Gasteiger charge is 2.32. The average Bonchev–Trinajstić information content (AvgIpc) is 2.78. The van der Waals surface area contributed by atoms with Crippen LogP contribution in [0.15, 0.2) is 54.2 Å². The van der Waals surface area contributed by atoms with Crippen molar-refractivity contribution in [2.45, 2.75) is 0 Å². The average molecular weight is 333 g/mol. The first-order valence-electron chi connectivity index (χ1n) is 6.44. The predicted molar refractivity (Wildman–Crippen MR) is 89.0 cm³/mol. The normalized spacial score (nSPS) is 16.3. The standard InChI is InChI=1S/C16H10ClFN2OS/c17-12-7-4-8-13(18)11(12)9-14-15(21)20(16(22)19-14)10-5-2-1-3-6-10/h1-9H,(H,19,22)/b14-9-. The lowest BCUT2D eigenvalue weighted by Crippen LogP contribution is -2.30. The molecule has 1 aliphatic heterocycles. The number of hydrogen-bond donors (Lipinski definition) is 1. The summed E-state index contributed by atoms with van der Waals surface area (Å²) < 4.78 is 13.8. The van der Waals surface area contributed by atoms with Crippen molar-refractivity contribution in [1.82, 2.24) is 5.32 Å². The summed E-state index contributed by atoms with van der Waals surface area (Å²) in [4.78, 5) is 13.8. The Labute approximate surface area is 137 Å². The first-order valence-corrected chi connectivity index (χ1v) is 7.23. The lowest BCUT2D eigenvalue weighted by atomic mass is 10.1. The van der Waals surface area contributed by atoms with Gasteiger partial charge in [-0.15, -0.1) is 0 Å². The van der Waals surface area contributed by atoms with E-state index in [1.165, 1.54) is 23.1 Å². The van der Waals surface area contributed by atoms with Gasteiger partial charge in [0.25, 0.3) is 5.91 Å². The van der Waals surface area contributed by atoms with Crippen molar-refractivity contribution < 1.29 is 9.18 Å². The van der Waals surface area contributed by atoms with Gasteiger partial charge in [0, 0.05) is 5.56 Å². The second kappa shape index (κ2) is 5.87. The molecular weight excluding hydrogens is 323 g/mol. The van der Waals surface area contributed by atoms with Crippen LogP contribution in [0.25, 0.3) is 6.08 Å². The number of nitrogens with zero attached hydrogens (tertiary/aromatic N) is 1. The summed E-state index contributed by atoms with van der Waals surface area (Å²) in [5, 5.41) is 3.27. The summed E-state index contributed by atoms with van der Waals surface area (Å²) in [5.41, 5.74) is 0.978. The third kappa shape index (κ3) is 2.61. The van der Waals surface area contributed by atoms with E-state index < -0.39 is 5.82 Å². The number of rotatable bonds is 2. The number of amides is 1. The summed E-state index contributed by atoms with van der Waals surface area (Å²) in [6.07, 6.45) is 1.37. The zero-order valence-corrected chi connectivity index (χ0v) is 12.8. The van der Waals surface area contributed by atoms with Crippen LogP contribution in [0.5, 0.6) is 0 Å². The van der Waals surface area contributed by atoms with Crippen LogP contribution in [-0.4, -0.2) is 11.0 Å². The van der Waals surface area contributed by atoms with Gasteiger partial charge in [-0.3, -0.25) is 9.69 Å².